The van der Waals surface area contributed by atoms with E-state index in [1.807, 2.05) is 0 Å². The molecule has 0 aromatic carbocycles. The Morgan fingerprint density at radius 3 is 2.82 bits per heavy atom. The summed E-state index contributed by atoms with van der Waals surface area (Å²) in [5.41, 5.74) is 6.93. The third-order valence-electron chi connectivity index (χ3n) is 3.58. The zero-order valence-corrected chi connectivity index (χ0v) is 11.2. The highest BCUT2D eigenvalue weighted by atomic mass is 15.3. The maximum absolute atomic E-state index is 5.75. The number of aromatic nitrogens is 2. The quantitative estimate of drug-likeness (QED) is 0.867. The zero-order valence-electron chi connectivity index (χ0n) is 11.2. The summed E-state index contributed by atoms with van der Waals surface area (Å²) in [5, 5.41) is 0. The maximum Gasteiger partial charge on any atom is 0.205 e. The van der Waals surface area contributed by atoms with Crippen LogP contribution in [0.5, 0.6) is 0 Å². The average Bonchev–Trinajstić information content (AvgIpc) is 2.94. The molecule has 4 nitrogen and oxygen atoms in total. The number of aryl methyl sites for hydroxylation is 1. The molecule has 1 aliphatic heterocycles. The van der Waals surface area contributed by atoms with Crippen molar-refractivity contribution in [3.05, 3.63) is 11.9 Å². The van der Waals surface area contributed by atoms with Crippen molar-refractivity contribution in [2.24, 2.45) is 11.7 Å². The van der Waals surface area contributed by atoms with E-state index in [2.05, 4.69) is 36.4 Å². The Labute approximate surface area is 104 Å². The molecule has 96 valence electrons. The molecule has 2 N–H and O–H groups in total. The number of nitrogens with zero attached hydrogens (tertiary/aromatic N) is 3. The van der Waals surface area contributed by atoms with Crippen LogP contribution in [0.4, 0.5) is 5.95 Å². The number of imidazole rings is 1. The fraction of sp³-hybridized carbons (Fsp3) is 0.769. The summed E-state index contributed by atoms with van der Waals surface area (Å²) in [5.74, 6) is 1.77. The molecular weight excluding hydrogens is 212 g/mol. The van der Waals surface area contributed by atoms with E-state index in [-0.39, 0.29) is 0 Å². The molecule has 1 aliphatic rings. The molecule has 0 saturated carbocycles. The Kier molecular flexibility index (Phi) is 3.72. The van der Waals surface area contributed by atoms with Gasteiger partial charge in [0.1, 0.15) is 0 Å². The minimum absolute atomic E-state index is 0.467. The summed E-state index contributed by atoms with van der Waals surface area (Å²) < 4.78 is 2.29. The third kappa shape index (κ3) is 2.46. The van der Waals surface area contributed by atoms with Gasteiger partial charge in [-0.05, 0) is 39.2 Å². The first kappa shape index (κ1) is 12.4. The van der Waals surface area contributed by atoms with E-state index in [1.165, 1.54) is 12.1 Å². The van der Waals surface area contributed by atoms with Gasteiger partial charge < -0.3 is 15.2 Å². The average molecular weight is 236 g/mol. The van der Waals surface area contributed by atoms with Crippen molar-refractivity contribution in [1.29, 1.82) is 0 Å². The predicted molar refractivity (Wildman–Crippen MR) is 71.4 cm³/mol. The highest BCUT2D eigenvalue weighted by Gasteiger charge is 2.25. The van der Waals surface area contributed by atoms with Crippen LogP contribution in [0.3, 0.4) is 0 Å². The highest BCUT2D eigenvalue weighted by molar-refractivity contribution is 5.36. The van der Waals surface area contributed by atoms with E-state index in [4.69, 9.17) is 10.7 Å². The number of anilines is 1. The van der Waals surface area contributed by atoms with Crippen LogP contribution in [-0.2, 0) is 6.42 Å². The molecule has 1 atom stereocenters. The second-order valence-corrected chi connectivity index (χ2v) is 5.22. The fourth-order valence-electron chi connectivity index (χ4n) is 2.42. The summed E-state index contributed by atoms with van der Waals surface area (Å²) in [7, 11) is 0. The summed E-state index contributed by atoms with van der Waals surface area (Å²) in [6.45, 7) is 9.52. The van der Waals surface area contributed by atoms with Gasteiger partial charge in [-0.3, -0.25) is 0 Å². The van der Waals surface area contributed by atoms with Gasteiger partial charge in [0.2, 0.25) is 5.95 Å². The third-order valence-corrected chi connectivity index (χ3v) is 3.58. The minimum atomic E-state index is 0.467. The van der Waals surface area contributed by atoms with E-state index in [9.17, 15) is 0 Å². The van der Waals surface area contributed by atoms with Gasteiger partial charge in [0.05, 0.1) is 5.69 Å². The lowest BCUT2D eigenvalue weighted by molar-refractivity contribution is 0.581. The molecule has 0 spiro atoms. The van der Waals surface area contributed by atoms with Gasteiger partial charge in [-0.2, -0.15) is 0 Å². The van der Waals surface area contributed by atoms with Gasteiger partial charge >= 0.3 is 0 Å². The Bertz CT molecular complexity index is 369. The molecule has 2 heterocycles. The molecule has 1 unspecified atom stereocenters. The SMILES string of the molecule is CCc1cn(C(C)C)c(N2CCC(CN)C2)n1. The lowest BCUT2D eigenvalue weighted by atomic mass is 10.1. The van der Waals surface area contributed by atoms with Gasteiger partial charge in [-0.1, -0.05) is 6.92 Å². The topological polar surface area (TPSA) is 47.1 Å². The molecule has 4 heteroatoms. The van der Waals surface area contributed by atoms with E-state index in [0.29, 0.717) is 12.0 Å². The van der Waals surface area contributed by atoms with Crippen LogP contribution in [0.25, 0.3) is 0 Å². The number of rotatable bonds is 4. The van der Waals surface area contributed by atoms with Gasteiger partial charge in [0, 0.05) is 25.3 Å². The number of nitrogens with two attached hydrogens (primary N) is 1. The molecule has 1 aromatic heterocycles. The molecule has 1 saturated heterocycles. The second-order valence-electron chi connectivity index (χ2n) is 5.22. The first-order valence-electron chi connectivity index (χ1n) is 6.68. The van der Waals surface area contributed by atoms with Crippen LogP contribution in [0, 0.1) is 5.92 Å². The first-order valence-corrected chi connectivity index (χ1v) is 6.68. The van der Waals surface area contributed by atoms with E-state index in [0.717, 1.165) is 32.0 Å². The molecule has 2 rings (SSSR count). The molecule has 0 bridgehead atoms. The van der Waals surface area contributed by atoms with Crippen LogP contribution in [0.15, 0.2) is 6.20 Å². The standard InChI is InChI=1S/C13H24N4/c1-4-12-9-17(10(2)3)13(15-12)16-6-5-11(7-14)8-16/h9-11H,4-8,14H2,1-3H3. The van der Waals surface area contributed by atoms with Gasteiger partial charge in [-0.15, -0.1) is 0 Å². The van der Waals surface area contributed by atoms with Crippen LogP contribution in [0.2, 0.25) is 0 Å². The summed E-state index contributed by atoms with van der Waals surface area (Å²) in [4.78, 5) is 7.13. The summed E-state index contributed by atoms with van der Waals surface area (Å²) in [6, 6.07) is 0.467. The van der Waals surface area contributed by atoms with Gasteiger partial charge in [-0.25, -0.2) is 4.98 Å². The highest BCUT2D eigenvalue weighted by Crippen LogP contribution is 2.25. The van der Waals surface area contributed by atoms with Crippen LogP contribution in [0.1, 0.15) is 38.9 Å². The Morgan fingerprint density at radius 1 is 1.53 bits per heavy atom. The second kappa shape index (κ2) is 5.08. The maximum atomic E-state index is 5.75. The van der Waals surface area contributed by atoms with Crippen molar-refractivity contribution in [2.75, 3.05) is 24.5 Å². The van der Waals surface area contributed by atoms with Crippen LogP contribution < -0.4 is 10.6 Å². The van der Waals surface area contributed by atoms with E-state index < -0.39 is 0 Å². The minimum Gasteiger partial charge on any atom is -0.342 e. The van der Waals surface area contributed by atoms with E-state index >= 15 is 0 Å². The molecule has 17 heavy (non-hydrogen) atoms. The summed E-state index contributed by atoms with van der Waals surface area (Å²) >= 11 is 0. The molecule has 0 radical (unpaired) electrons. The van der Waals surface area contributed by atoms with Crippen LogP contribution >= 0.6 is 0 Å². The zero-order chi connectivity index (χ0) is 12.4. The Morgan fingerprint density at radius 2 is 2.29 bits per heavy atom. The van der Waals surface area contributed by atoms with E-state index in [1.54, 1.807) is 0 Å². The first-order chi connectivity index (χ1) is 8.15. The molecular formula is C13H24N4. The monoisotopic (exact) mass is 236 g/mol. The lowest BCUT2D eigenvalue weighted by Crippen LogP contribution is -2.25. The van der Waals surface area contributed by atoms with Crippen molar-refractivity contribution in [1.82, 2.24) is 9.55 Å². The Balaban J connectivity index is 2.22. The molecule has 0 amide bonds. The van der Waals surface area contributed by atoms with Crippen LogP contribution in [-0.4, -0.2) is 29.2 Å². The largest absolute Gasteiger partial charge is 0.342 e. The Hall–Kier alpha value is -1.03. The molecule has 1 fully saturated rings. The molecule has 0 aliphatic carbocycles. The van der Waals surface area contributed by atoms with Crippen molar-refractivity contribution in [2.45, 2.75) is 39.7 Å². The molecule has 1 aromatic rings. The lowest BCUT2D eigenvalue weighted by Gasteiger charge is -2.20. The van der Waals surface area contributed by atoms with Crippen molar-refractivity contribution in [3.8, 4) is 0 Å². The van der Waals surface area contributed by atoms with Gasteiger partial charge in [0.15, 0.2) is 0 Å². The van der Waals surface area contributed by atoms with Gasteiger partial charge in [0.25, 0.3) is 0 Å². The normalized spacial score (nSPS) is 20.5. The predicted octanol–water partition coefficient (Wildman–Crippen LogP) is 1.81. The smallest absolute Gasteiger partial charge is 0.205 e. The van der Waals surface area contributed by atoms with Crippen molar-refractivity contribution >= 4 is 5.95 Å². The van der Waals surface area contributed by atoms with Crippen molar-refractivity contribution in [3.63, 3.8) is 0 Å². The number of hydrogen-bond acceptors (Lipinski definition) is 3. The number of hydrogen-bond donors (Lipinski definition) is 1. The summed E-state index contributed by atoms with van der Waals surface area (Å²) in [6.07, 6.45) is 4.39. The fourth-order valence-corrected chi connectivity index (χ4v) is 2.42. The van der Waals surface area contributed by atoms with Crippen molar-refractivity contribution < 1.29 is 0 Å².